The topological polar surface area (TPSA) is 86.8 Å². The van der Waals surface area contributed by atoms with Crippen LogP contribution in [-0.4, -0.2) is 61.7 Å². The predicted octanol–water partition coefficient (Wildman–Crippen LogP) is 2.01. The predicted molar refractivity (Wildman–Crippen MR) is 113 cm³/mol. The summed E-state index contributed by atoms with van der Waals surface area (Å²) >= 11 is 0. The minimum atomic E-state index is -3.65. The number of carbonyl (C=O) groups is 2. The van der Waals surface area contributed by atoms with Crippen LogP contribution in [0.4, 0.5) is 0 Å². The number of fused-ring (bicyclic) bond motifs is 1. The normalized spacial score (nSPS) is 26.9. The molecule has 30 heavy (non-hydrogen) atoms. The van der Waals surface area contributed by atoms with Gasteiger partial charge in [-0.25, -0.2) is 8.42 Å². The molecule has 2 heterocycles. The van der Waals surface area contributed by atoms with Crippen molar-refractivity contribution in [3.8, 4) is 0 Å². The van der Waals surface area contributed by atoms with E-state index in [1.165, 1.54) is 12.1 Å². The van der Waals surface area contributed by atoms with E-state index in [9.17, 15) is 18.0 Å². The molecule has 0 aromatic heterocycles. The van der Waals surface area contributed by atoms with Crippen LogP contribution in [0.25, 0.3) is 0 Å². The number of piperidine rings is 1. The van der Waals surface area contributed by atoms with E-state index in [1.807, 2.05) is 4.90 Å². The second-order valence-corrected chi connectivity index (χ2v) is 10.5. The van der Waals surface area contributed by atoms with Crippen molar-refractivity contribution in [2.75, 3.05) is 26.2 Å². The summed E-state index contributed by atoms with van der Waals surface area (Å²) in [6.45, 7) is 5.85. The molecule has 0 radical (unpaired) electrons. The SMILES string of the molecule is C=CC(=O)NC1CC2CN(S(=O)(=O)c3cccc(C(=O)N4CCCCC4)c3)CC2C1. The van der Waals surface area contributed by atoms with Crippen molar-refractivity contribution in [3.05, 3.63) is 42.5 Å². The third kappa shape index (κ3) is 4.16. The first-order chi connectivity index (χ1) is 14.4. The standard InChI is InChI=1S/C22H29N3O4S/c1-2-21(26)23-19-11-17-14-25(15-18(17)12-19)30(28,29)20-8-6-7-16(13-20)22(27)24-9-4-3-5-10-24/h2,6-8,13,17-19H,1,3-5,9-12,14-15H2,(H,23,26). The van der Waals surface area contributed by atoms with Crippen molar-refractivity contribution >= 4 is 21.8 Å². The van der Waals surface area contributed by atoms with Crippen LogP contribution >= 0.6 is 0 Å². The molecule has 162 valence electrons. The number of amides is 2. The van der Waals surface area contributed by atoms with Gasteiger partial charge in [0, 0.05) is 37.8 Å². The highest BCUT2D eigenvalue weighted by Gasteiger charge is 2.45. The number of hydrogen-bond donors (Lipinski definition) is 1. The van der Waals surface area contributed by atoms with E-state index in [0.717, 1.165) is 45.2 Å². The molecule has 2 aliphatic heterocycles. The average Bonchev–Trinajstić information content (AvgIpc) is 3.33. The monoisotopic (exact) mass is 431 g/mol. The van der Waals surface area contributed by atoms with Gasteiger partial charge in [-0.15, -0.1) is 0 Å². The quantitative estimate of drug-likeness (QED) is 0.723. The van der Waals surface area contributed by atoms with E-state index in [0.29, 0.717) is 18.7 Å². The highest BCUT2D eigenvalue weighted by Crippen LogP contribution is 2.40. The third-order valence-electron chi connectivity index (χ3n) is 6.61. The molecular weight excluding hydrogens is 402 g/mol. The van der Waals surface area contributed by atoms with E-state index in [-0.39, 0.29) is 34.6 Å². The first kappa shape index (κ1) is 21.1. The van der Waals surface area contributed by atoms with Gasteiger partial charge in [0.1, 0.15) is 0 Å². The number of carbonyl (C=O) groups excluding carboxylic acids is 2. The van der Waals surface area contributed by atoms with E-state index >= 15 is 0 Å². The van der Waals surface area contributed by atoms with Gasteiger partial charge in [-0.1, -0.05) is 12.6 Å². The van der Waals surface area contributed by atoms with E-state index in [1.54, 1.807) is 22.5 Å². The smallest absolute Gasteiger partial charge is 0.253 e. The van der Waals surface area contributed by atoms with Gasteiger partial charge in [-0.3, -0.25) is 9.59 Å². The van der Waals surface area contributed by atoms with Crippen LogP contribution in [0.15, 0.2) is 41.8 Å². The second-order valence-electron chi connectivity index (χ2n) is 8.60. The van der Waals surface area contributed by atoms with E-state index in [2.05, 4.69) is 11.9 Å². The van der Waals surface area contributed by atoms with Crippen molar-refractivity contribution in [3.63, 3.8) is 0 Å². The molecule has 2 atom stereocenters. The molecule has 2 saturated heterocycles. The van der Waals surface area contributed by atoms with Crippen LogP contribution in [-0.2, 0) is 14.8 Å². The second kappa shape index (κ2) is 8.51. The molecule has 7 nitrogen and oxygen atoms in total. The first-order valence-corrected chi connectivity index (χ1v) is 12.1. The van der Waals surface area contributed by atoms with Gasteiger partial charge in [0.2, 0.25) is 15.9 Å². The van der Waals surface area contributed by atoms with Crippen LogP contribution in [0.3, 0.4) is 0 Å². The molecule has 1 saturated carbocycles. The number of nitrogens with one attached hydrogen (secondary N) is 1. The van der Waals surface area contributed by atoms with Crippen LogP contribution in [0.2, 0.25) is 0 Å². The lowest BCUT2D eigenvalue weighted by Gasteiger charge is -2.27. The summed E-state index contributed by atoms with van der Waals surface area (Å²) < 4.78 is 28.0. The molecule has 8 heteroatoms. The van der Waals surface area contributed by atoms with Gasteiger partial charge in [-0.2, -0.15) is 4.31 Å². The number of nitrogens with zero attached hydrogens (tertiary/aromatic N) is 2. The van der Waals surface area contributed by atoms with Crippen LogP contribution in [0.5, 0.6) is 0 Å². The van der Waals surface area contributed by atoms with Crippen molar-refractivity contribution in [1.82, 2.24) is 14.5 Å². The Kier molecular flexibility index (Phi) is 5.97. The van der Waals surface area contributed by atoms with Crippen LogP contribution < -0.4 is 5.32 Å². The zero-order valence-electron chi connectivity index (χ0n) is 17.1. The van der Waals surface area contributed by atoms with E-state index in [4.69, 9.17) is 0 Å². The number of benzene rings is 1. The lowest BCUT2D eigenvalue weighted by Crippen LogP contribution is -2.36. The third-order valence-corrected chi connectivity index (χ3v) is 8.44. The van der Waals surface area contributed by atoms with Crippen molar-refractivity contribution in [2.24, 2.45) is 11.8 Å². The Hall–Kier alpha value is -2.19. The van der Waals surface area contributed by atoms with Gasteiger partial charge in [0.05, 0.1) is 4.90 Å². The Labute approximate surface area is 178 Å². The Morgan fingerprint density at radius 3 is 2.37 bits per heavy atom. The Morgan fingerprint density at radius 1 is 1.07 bits per heavy atom. The van der Waals surface area contributed by atoms with Gasteiger partial charge < -0.3 is 10.2 Å². The summed E-state index contributed by atoms with van der Waals surface area (Å²) in [5.74, 6) is 0.214. The summed E-state index contributed by atoms with van der Waals surface area (Å²) in [5, 5.41) is 2.93. The average molecular weight is 432 g/mol. The van der Waals surface area contributed by atoms with Crippen LogP contribution in [0, 0.1) is 11.8 Å². The molecule has 3 aliphatic rings. The largest absolute Gasteiger partial charge is 0.350 e. The highest BCUT2D eigenvalue weighted by atomic mass is 32.2. The Morgan fingerprint density at radius 2 is 1.73 bits per heavy atom. The zero-order chi connectivity index (χ0) is 21.3. The van der Waals surface area contributed by atoms with Gasteiger partial charge in [-0.05, 0) is 68.2 Å². The van der Waals surface area contributed by atoms with Crippen molar-refractivity contribution < 1.29 is 18.0 Å². The van der Waals surface area contributed by atoms with Crippen molar-refractivity contribution in [1.29, 1.82) is 0 Å². The zero-order valence-corrected chi connectivity index (χ0v) is 17.9. The lowest BCUT2D eigenvalue weighted by atomic mass is 10.0. The minimum absolute atomic E-state index is 0.0841. The van der Waals surface area contributed by atoms with Gasteiger partial charge in [0.25, 0.3) is 5.91 Å². The molecule has 1 N–H and O–H groups in total. The summed E-state index contributed by atoms with van der Waals surface area (Å²) in [4.78, 5) is 26.3. The van der Waals surface area contributed by atoms with Crippen molar-refractivity contribution in [2.45, 2.75) is 43.0 Å². The first-order valence-electron chi connectivity index (χ1n) is 10.7. The molecule has 1 aromatic carbocycles. The molecule has 1 aliphatic carbocycles. The number of likely N-dealkylation sites (tertiary alicyclic amines) is 1. The maximum atomic E-state index is 13.2. The number of sulfonamides is 1. The molecule has 3 fully saturated rings. The molecule has 0 spiro atoms. The molecule has 1 aromatic rings. The molecule has 4 rings (SSSR count). The molecule has 0 bridgehead atoms. The summed E-state index contributed by atoms with van der Waals surface area (Å²) in [5.41, 5.74) is 0.435. The van der Waals surface area contributed by atoms with E-state index < -0.39 is 10.0 Å². The summed E-state index contributed by atoms with van der Waals surface area (Å²) in [6.07, 6.45) is 5.95. The fraction of sp³-hybridized carbons (Fsp3) is 0.545. The fourth-order valence-corrected chi connectivity index (χ4v) is 6.65. The fourth-order valence-electron chi connectivity index (χ4n) is 5.05. The van der Waals surface area contributed by atoms with Crippen LogP contribution in [0.1, 0.15) is 42.5 Å². The molecule has 2 unspecified atom stereocenters. The minimum Gasteiger partial charge on any atom is -0.350 e. The van der Waals surface area contributed by atoms with Gasteiger partial charge >= 0.3 is 0 Å². The van der Waals surface area contributed by atoms with Gasteiger partial charge in [0.15, 0.2) is 0 Å². The summed E-state index contributed by atoms with van der Waals surface area (Å²) in [6, 6.07) is 6.53. The Balaban J connectivity index is 1.44. The number of rotatable bonds is 5. The Bertz CT molecular complexity index is 925. The highest BCUT2D eigenvalue weighted by molar-refractivity contribution is 7.89. The maximum absolute atomic E-state index is 13.2. The summed E-state index contributed by atoms with van der Waals surface area (Å²) in [7, 11) is -3.65. The number of hydrogen-bond acceptors (Lipinski definition) is 4. The molecule has 2 amide bonds. The maximum Gasteiger partial charge on any atom is 0.253 e. The lowest BCUT2D eigenvalue weighted by molar-refractivity contribution is -0.117. The molecular formula is C22H29N3O4S.